The molecule has 25 heavy (non-hydrogen) atoms. The number of carbonyl (C=O) groups excluding carboxylic acids is 1. The van der Waals surface area contributed by atoms with Crippen molar-refractivity contribution in [1.29, 1.82) is 0 Å². The third-order valence-electron chi connectivity index (χ3n) is 5.45. The third kappa shape index (κ3) is 3.71. The number of rotatable bonds is 4. The maximum atomic E-state index is 13.9. The molecule has 3 rings (SSSR count). The topological polar surface area (TPSA) is 32.8 Å². The van der Waals surface area contributed by atoms with E-state index in [1.807, 2.05) is 6.92 Å². The van der Waals surface area contributed by atoms with E-state index in [0.717, 1.165) is 38.9 Å². The number of hydrogen-bond acceptors (Lipinski definition) is 3. The zero-order chi connectivity index (χ0) is 18.0. The van der Waals surface area contributed by atoms with Crippen LogP contribution in [-0.2, 0) is 4.79 Å². The number of likely N-dealkylation sites (tertiary alicyclic amines) is 1. The molecule has 4 nitrogen and oxygen atoms in total. The first kappa shape index (κ1) is 17.9. The van der Waals surface area contributed by atoms with E-state index < -0.39 is 5.82 Å². The Labute approximate surface area is 149 Å². The Balaban J connectivity index is 1.79. The minimum Gasteiger partial charge on any atom is -0.494 e. The predicted molar refractivity (Wildman–Crippen MR) is 97.0 cm³/mol. The Kier molecular flexibility index (Phi) is 5.42. The van der Waals surface area contributed by atoms with E-state index in [1.54, 1.807) is 18.2 Å². The molecule has 2 heterocycles. The quantitative estimate of drug-likeness (QED) is 0.784. The normalized spacial score (nSPS) is 24.3. The highest BCUT2D eigenvalue weighted by Crippen LogP contribution is 2.32. The van der Waals surface area contributed by atoms with Crippen LogP contribution in [-0.4, -0.2) is 54.5 Å². The zero-order valence-electron chi connectivity index (χ0n) is 15.3. The lowest BCUT2D eigenvalue weighted by Gasteiger charge is -2.29. The van der Waals surface area contributed by atoms with Crippen molar-refractivity contribution < 1.29 is 13.9 Å². The lowest BCUT2D eigenvalue weighted by Crippen LogP contribution is -2.43. The zero-order valence-corrected chi connectivity index (χ0v) is 15.3. The SMILES string of the molecule is CCN1CCC2CCC(C1)N2C(=O)/C(C)=C/c1ccc(OC)c(F)c1. The van der Waals surface area contributed by atoms with Crippen molar-refractivity contribution in [3.63, 3.8) is 0 Å². The lowest BCUT2D eigenvalue weighted by atomic mass is 10.1. The van der Waals surface area contributed by atoms with Crippen molar-refractivity contribution in [2.24, 2.45) is 0 Å². The van der Waals surface area contributed by atoms with Gasteiger partial charge in [0.2, 0.25) is 5.91 Å². The molecule has 5 heteroatoms. The van der Waals surface area contributed by atoms with Gasteiger partial charge < -0.3 is 14.5 Å². The first-order valence-electron chi connectivity index (χ1n) is 9.10. The Bertz CT molecular complexity index is 674. The molecule has 1 amide bonds. The van der Waals surface area contributed by atoms with Crippen LogP contribution < -0.4 is 4.74 Å². The molecule has 2 saturated heterocycles. The third-order valence-corrected chi connectivity index (χ3v) is 5.45. The van der Waals surface area contributed by atoms with Gasteiger partial charge in [0.05, 0.1) is 7.11 Å². The van der Waals surface area contributed by atoms with E-state index in [4.69, 9.17) is 4.74 Å². The molecule has 0 radical (unpaired) electrons. The summed E-state index contributed by atoms with van der Waals surface area (Å²) in [6.07, 6.45) is 4.99. The minimum absolute atomic E-state index is 0.0849. The fourth-order valence-corrected chi connectivity index (χ4v) is 4.05. The molecule has 2 atom stereocenters. The summed E-state index contributed by atoms with van der Waals surface area (Å²) in [5.74, 6) is -0.113. The monoisotopic (exact) mass is 346 g/mol. The van der Waals surface area contributed by atoms with E-state index in [0.29, 0.717) is 23.2 Å². The number of carbonyl (C=O) groups is 1. The molecular weight excluding hydrogens is 319 g/mol. The highest BCUT2D eigenvalue weighted by atomic mass is 19.1. The predicted octanol–water partition coefficient (Wildman–Crippen LogP) is 3.32. The summed E-state index contributed by atoms with van der Waals surface area (Å²) in [5, 5.41) is 0. The minimum atomic E-state index is -0.412. The summed E-state index contributed by atoms with van der Waals surface area (Å²) in [5.41, 5.74) is 1.34. The number of amides is 1. The molecular formula is C20H27FN2O2. The highest BCUT2D eigenvalue weighted by Gasteiger charge is 2.39. The van der Waals surface area contributed by atoms with Gasteiger partial charge in [0.1, 0.15) is 0 Å². The molecule has 2 aliphatic heterocycles. The van der Waals surface area contributed by atoms with Gasteiger partial charge in [0.15, 0.2) is 11.6 Å². The largest absolute Gasteiger partial charge is 0.494 e. The van der Waals surface area contributed by atoms with Crippen LogP contribution >= 0.6 is 0 Å². The van der Waals surface area contributed by atoms with Crippen LogP contribution in [0.2, 0.25) is 0 Å². The van der Waals surface area contributed by atoms with E-state index in [9.17, 15) is 9.18 Å². The number of likely N-dealkylation sites (N-methyl/N-ethyl adjacent to an activating group) is 1. The average Bonchev–Trinajstić information content (AvgIpc) is 2.89. The molecule has 0 N–H and O–H groups in total. The Hall–Kier alpha value is -1.88. The summed E-state index contributed by atoms with van der Waals surface area (Å²) in [4.78, 5) is 17.6. The lowest BCUT2D eigenvalue weighted by molar-refractivity contribution is -0.129. The van der Waals surface area contributed by atoms with Crippen LogP contribution in [0.1, 0.15) is 38.7 Å². The van der Waals surface area contributed by atoms with Gasteiger partial charge in [-0.25, -0.2) is 4.39 Å². The number of nitrogens with zero attached hydrogens (tertiary/aromatic N) is 2. The number of ether oxygens (including phenoxy) is 1. The molecule has 136 valence electrons. The standard InChI is InChI=1S/C20H27FN2O2/c1-4-22-10-9-16-6-7-17(13-22)23(16)20(24)14(2)11-15-5-8-19(25-3)18(21)12-15/h5,8,11-12,16-17H,4,6-7,9-10,13H2,1-3H3/b14-11+. The first-order chi connectivity index (χ1) is 12.0. The van der Waals surface area contributed by atoms with Crippen LogP contribution in [0.3, 0.4) is 0 Å². The summed E-state index contributed by atoms with van der Waals surface area (Å²) in [6.45, 7) is 7.06. The number of methoxy groups -OCH3 is 1. The summed E-state index contributed by atoms with van der Waals surface area (Å²) >= 11 is 0. The van der Waals surface area contributed by atoms with Gasteiger partial charge >= 0.3 is 0 Å². The van der Waals surface area contributed by atoms with Crippen LogP contribution in [0, 0.1) is 5.82 Å². The average molecular weight is 346 g/mol. The van der Waals surface area contributed by atoms with Gasteiger partial charge in [-0.3, -0.25) is 4.79 Å². The molecule has 0 aromatic heterocycles. The van der Waals surface area contributed by atoms with E-state index in [1.165, 1.54) is 13.2 Å². The Morgan fingerprint density at radius 3 is 2.76 bits per heavy atom. The molecule has 2 unspecified atom stereocenters. The molecule has 2 fully saturated rings. The van der Waals surface area contributed by atoms with Crippen LogP contribution in [0.4, 0.5) is 4.39 Å². The second-order valence-corrected chi connectivity index (χ2v) is 7.00. The molecule has 2 bridgehead atoms. The first-order valence-corrected chi connectivity index (χ1v) is 9.10. The van der Waals surface area contributed by atoms with E-state index in [-0.39, 0.29) is 11.7 Å². The number of fused-ring (bicyclic) bond motifs is 2. The van der Waals surface area contributed by atoms with Gasteiger partial charge in [-0.05, 0) is 56.5 Å². The summed E-state index contributed by atoms with van der Waals surface area (Å²) in [6, 6.07) is 5.41. The van der Waals surface area contributed by atoms with Gasteiger partial charge in [-0.15, -0.1) is 0 Å². The fraction of sp³-hybridized carbons (Fsp3) is 0.550. The van der Waals surface area contributed by atoms with Crippen molar-refractivity contribution >= 4 is 12.0 Å². The number of benzene rings is 1. The van der Waals surface area contributed by atoms with Crippen LogP contribution in [0.25, 0.3) is 6.08 Å². The van der Waals surface area contributed by atoms with E-state index >= 15 is 0 Å². The van der Waals surface area contributed by atoms with Crippen LogP contribution in [0.15, 0.2) is 23.8 Å². The molecule has 1 aromatic carbocycles. The number of hydrogen-bond donors (Lipinski definition) is 0. The summed E-state index contributed by atoms with van der Waals surface area (Å²) < 4.78 is 18.8. The maximum Gasteiger partial charge on any atom is 0.250 e. The van der Waals surface area contributed by atoms with Crippen molar-refractivity contribution in [1.82, 2.24) is 9.80 Å². The highest BCUT2D eigenvalue weighted by molar-refractivity contribution is 5.97. The second-order valence-electron chi connectivity index (χ2n) is 7.00. The number of halogens is 1. The molecule has 0 spiro atoms. The molecule has 0 aliphatic carbocycles. The molecule has 2 aliphatic rings. The van der Waals surface area contributed by atoms with Crippen molar-refractivity contribution in [2.45, 2.75) is 45.2 Å². The molecule has 1 aromatic rings. The van der Waals surface area contributed by atoms with Gasteiger partial charge in [-0.2, -0.15) is 0 Å². The van der Waals surface area contributed by atoms with Crippen LogP contribution in [0.5, 0.6) is 5.75 Å². The summed E-state index contributed by atoms with van der Waals surface area (Å²) in [7, 11) is 1.44. The maximum absolute atomic E-state index is 13.9. The Morgan fingerprint density at radius 1 is 1.32 bits per heavy atom. The second kappa shape index (κ2) is 7.56. The molecule has 0 saturated carbocycles. The van der Waals surface area contributed by atoms with Crippen molar-refractivity contribution in [2.75, 3.05) is 26.7 Å². The van der Waals surface area contributed by atoms with Gasteiger partial charge in [-0.1, -0.05) is 13.0 Å². The van der Waals surface area contributed by atoms with Gasteiger partial charge in [0.25, 0.3) is 0 Å². The van der Waals surface area contributed by atoms with E-state index in [2.05, 4.69) is 16.7 Å². The Morgan fingerprint density at radius 2 is 2.08 bits per heavy atom. The fourth-order valence-electron chi connectivity index (χ4n) is 4.05. The van der Waals surface area contributed by atoms with Crippen molar-refractivity contribution in [3.8, 4) is 5.75 Å². The smallest absolute Gasteiger partial charge is 0.250 e. The van der Waals surface area contributed by atoms with Gasteiger partial charge in [0, 0.05) is 30.7 Å². The van der Waals surface area contributed by atoms with Crippen molar-refractivity contribution in [3.05, 3.63) is 35.2 Å².